The van der Waals surface area contributed by atoms with Crippen molar-refractivity contribution in [2.24, 2.45) is 0 Å². The van der Waals surface area contributed by atoms with E-state index in [0.29, 0.717) is 10.8 Å². The number of hydrogen-bond donors (Lipinski definition) is 2. The summed E-state index contributed by atoms with van der Waals surface area (Å²) in [6.07, 6.45) is 1.80. The van der Waals surface area contributed by atoms with Gasteiger partial charge in [-0.25, -0.2) is 0 Å². The molecule has 0 bridgehead atoms. The quantitative estimate of drug-likeness (QED) is 0.281. The van der Waals surface area contributed by atoms with Crippen LogP contribution >= 0.6 is 12.2 Å². The molecule has 1 aliphatic rings. The van der Waals surface area contributed by atoms with E-state index >= 15 is 0 Å². The molecule has 0 saturated carbocycles. The minimum atomic E-state index is -0.198. The number of pyridine rings is 1. The molecule has 1 aliphatic heterocycles. The maximum Gasteiger partial charge on any atom is 0.174 e. The Bertz CT molecular complexity index is 1590. The molecule has 1 fully saturated rings. The van der Waals surface area contributed by atoms with Crippen molar-refractivity contribution in [3.63, 3.8) is 0 Å². The van der Waals surface area contributed by atoms with E-state index in [4.69, 9.17) is 12.2 Å². The average molecular weight is 491 g/mol. The van der Waals surface area contributed by atoms with Gasteiger partial charge in [-0.3, -0.25) is 4.98 Å². The number of rotatable bonds is 4. The van der Waals surface area contributed by atoms with Crippen LogP contribution in [0, 0.1) is 13.8 Å². The van der Waals surface area contributed by atoms with Crippen molar-refractivity contribution in [3.8, 4) is 11.4 Å². The number of hydrogen-bond acceptors (Lipinski definition) is 3. The lowest BCUT2D eigenvalue weighted by molar-refractivity contribution is 0.472. The number of aromatic nitrogens is 2. The Balaban J connectivity index is 1.57. The van der Waals surface area contributed by atoms with E-state index < -0.39 is 0 Å². The van der Waals surface area contributed by atoms with E-state index in [-0.39, 0.29) is 17.8 Å². The van der Waals surface area contributed by atoms with Crippen molar-refractivity contribution in [1.29, 1.82) is 0 Å². The second kappa shape index (κ2) is 8.81. The number of benzene rings is 3. The molecule has 178 valence electrons. The Morgan fingerprint density at radius 2 is 1.58 bits per heavy atom. The van der Waals surface area contributed by atoms with Crippen LogP contribution in [-0.4, -0.2) is 19.8 Å². The summed E-state index contributed by atoms with van der Waals surface area (Å²) in [5.74, 6) is 0.191. The number of aromatic hydroxyl groups is 1. The fraction of sp³-hybridized carbons (Fsp3) is 0.133. The van der Waals surface area contributed by atoms with E-state index in [0.717, 1.165) is 28.3 Å². The van der Waals surface area contributed by atoms with Gasteiger partial charge in [0.05, 0.1) is 29.2 Å². The number of nitrogens with one attached hydrogen (secondary N) is 1. The Morgan fingerprint density at radius 1 is 0.861 bits per heavy atom. The molecule has 2 atom stereocenters. The molecule has 0 amide bonds. The van der Waals surface area contributed by atoms with Crippen LogP contribution in [0.2, 0.25) is 0 Å². The Hall–Kier alpha value is -4.16. The van der Waals surface area contributed by atoms with Crippen LogP contribution in [0.15, 0.2) is 97.2 Å². The van der Waals surface area contributed by atoms with Gasteiger partial charge >= 0.3 is 0 Å². The highest BCUT2D eigenvalue weighted by molar-refractivity contribution is 7.80. The standard InChI is InChI=1S/C30H26N4OS/c1-19-18-23(20(2)33(19)25-15-9-11-21-10-3-4-12-22(21)25)29-28(24-13-7-8-17-31-24)32-30(36)34(29)26-14-5-6-16-27(26)35/h3-18,28-29,35H,1-2H3,(H,32,36)/t28-,29-/m1/s1. The molecule has 2 N–H and O–H groups in total. The Kier molecular flexibility index (Phi) is 5.46. The summed E-state index contributed by atoms with van der Waals surface area (Å²) < 4.78 is 2.32. The maximum absolute atomic E-state index is 10.8. The molecule has 2 aromatic heterocycles. The molecule has 0 spiro atoms. The van der Waals surface area contributed by atoms with Crippen molar-refractivity contribution in [2.75, 3.05) is 4.90 Å². The zero-order valence-corrected chi connectivity index (χ0v) is 20.9. The fourth-order valence-electron chi connectivity index (χ4n) is 5.46. The van der Waals surface area contributed by atoms with E-state index in [2.05, 4.69) is 77.2 Å². The van der Waals surface area contributed by atoms with E-state index in [1.165, 1.54) is 10.8 Å². The van der Waals surface area contributed by atoms with Crippen LogP contribution in [0.3, 0.4) is 0 Å². The highest BCUT2D eigenvalue weighted by atomic mass is 32.1. The molecule has 36 heavy (non-hydrogen) atoms. The number of fused-ring (bicyclic) bond motifs is 1. The van der Waals surface area contributed by atoms with Gasteiger partial charge in [-0.2, -0.15) is 0 Å². The second-order valence-electron chi connectivity index (χ2n) is 9.15. The predicted octanol–water partition coefficient (Wildman–Crippen LogP) is 6.53. The average Bonchev–Trinajstić information content (AvgIpc) is 3.39. The van der Waals surface area contributed by atoms with Crippen molar-refractivity contribution >= 4 is 33.8 Å². The summed E-state index contributed by atoms with van der Waals surface area (Å²) in [5.41, 5.74) is 6.11. The fourth-order valence-corrected chi connectivity index (χ4v) is 5.80. The third-order valence-corrected chi connectivity index (χ3v) is 7.35. The number of phenols is 1. The van der Waals surface area contributed by atoms with Gasteiger partial charge in [-0.15, -0.1) is 0 Å². The van der Waals surface area contributed by atoms with E-state index in [1.807, 2.05) is 41.3 Å². The van der Waals surface area contributed by atoms with Crippen LogP contribution < -0.4 is 10.2 Å². The number of anilines is 1. The monoisotopic (exact) mass is 490 g/mol. The first-order valence-electron chi connectivity index (χ1n) is 12.0. The Morgan fingerprint density at radius 3 is 2.39 bits per heavy atom. The summed E-state index contributed by atoms with van der Waals surface area (Å²) in [5, 5.41) is 17.2. The molecular formula is C30H26N4OS. The number of nitrogens with zero attached hydrogens (tertiary/aromatic N) is 3. The minimum Gasteiger partial charge on any atom is -0.506 e. The number of aryl methyl sites for hydroxylation is 1. The summed E-state index contributed by atoms with van der Waals surface area (Å²) in [4.78, 5) is 6.69. The summed E-state index contributed by atoms with van der Waals surface area (Å²) in [6, 6.07) is 30.0. The first-order valence-corrected chi connectivity index (χ1v) is 12.4. The third kappa shape index (κ3) is 3.53. The number of thiocarbonyl (C=S) groups is 1. The minimum absolute atomic E-state index is 0.181. The van der Waals surface area contributed by atoms with E-state index in [1.54, 1.807) is 12.3 Å². The zero-order valence-electron chi connectivity index (χ0n) is 20.1. The van der Waals surface area contributed by atoms with Crippen LogP contribution in [0.5, 0.6) is 5.75 Å². The van der Waals surface area contributed by atoms with Crippen LogP contribution in [0.1, 0.15) is 34.7 Å². The molecule has 1 saturated heterocycles. The topological polar surface area (TPSA) is 53.3 Å². The normalized spacial score (nSPS) is 17.5. The van der Waals surface area contributed by atoms with Gasteiger partial charge in [0.25, 0.3) is 0 Å². The van der Waals surface area contributed by atoms with Crippen LogP contribution in [-0.2, 0) is 0 Å². The van der Waals surface area contributed by atoms with Crippen molar-refractivity contribution in [3.05, 3.63) is 120 Å². The van der Waals surface area contributed by atoms with Gasteiger partial charge in [-0.05, 0) is 73.4 Å². The molecule has 0 aliphatic carbocycles. The third-order valence-electron chi connectivity index (χ3n) is 7.04. The van der Waals surface area contributed by atoms with Gasteiger partial charge in [0.15, 0.2) is 5.11 Å². The maximum atomic E-state index is 10.8. The van der Waals surface area contributed by atoms with Crippen LogP contribution in [0.25, 0.3) is 16.5 Å². The molecule has 3 aromatic carbocycles. The molecule has 0 unspecified atom stereocenters. The van der Waals surface area contributed by atoms with Gasteiger partial charge in [0.2, 0.25) is 0 Å². The second-order valence-corrected chi connectivity index (χ2v) is 9.53. The van der Waals surface area contributed by atoms with Gasteiger partial charge in [-0.1, -0.05) is 54.6 Å². The SMILES string of the molecule is Cc1cc([C@@H]2[C@@H](c3ccccn3)NC(=S)N2c2ccccc2O)c(C)n1-c1cccc2ccccc12. The molecule has 5 aromatic rings. The summed E-state index contributed by atoms with van der Waals surface area (Å²) >= 11 is 5.84. The first kappa shape index (κ1) is 22.3. The highest BCUT2D eigenvalue weighted by Gasteiger charge is 2.43. The molecular weight excluding hydrogens is 464 g/mol. The van der Waals surface area contributed by atoms with Crippen molar-refractivity contribution < 1.29 is 5.11 Å². The largest absolute Gasteiger partial charge is 0.506 e. The Labute approximate surface area is 215 Å². The lowest BCUT2D eigenvalue weighted by Crippen LogP contribution is -2.29. The summed E-state index contributed by atoms with van der Waals surface area (Å²) in [7, 11) is 0. The zero-order chi connectivity index (χ0) is 24.8. The number of para-hydroxylation sites is 2. The summed E-state index contributed by atoms with van der Waals surface area (Å²) in [6.45, 7) is 4.29. The molecule has 3 heterocycles. The van der Waals surface area contributed by atoms with Crippen molar-refractivity contribution in [1.82, 2.24) is 14.9 Å². The first-order chi connectivity index (χ1) is 17.5. The predicted molar refractivity (Wildman–Crippen MR) is 149 cm³/mol. The van der Waals surface area contributed by atoms with Crippen molar-refractivity contribution in [2.45, 2.75) is 25.9 Å². The van der Waals surface area contributed by atoms with Crippen LogP contribution in [0.4, 0.5) is 5.69 Å². The molecule has 0 radical (unpaired) electrons. The smallest absolute Gasteiger partial charge is 0.174 e. The lowest BCUT2D eigenvalue weighted by Gasteiger charge is -2.28. The lowest BCUT2D eigenvalue weighted by atomic mass is 9.96. The highest BCUT2D eigenvalue weighted by Crippen LogP contribution is 2.46. The van der Waals surface area contributed by atoms with Gasteiger partial charge in [0, 0.05) is 23.0 Å². The number of phenolic OH excluding ortho intramolecular Hbond substituents is 1. The molecule has 6 heteroatoms. The van der Waals surface area contributed by atoms with E-state index in [9.17, 15) is 5.11 Å². The molecule has 5 nitrogen and oxygen atoms in total. The molecule has 6 rings (SSSR count). The van der Waals surface area contributed by atoms with Gasteiger partial charge in [0.1, 0.15) is 5.75 Å². The van der Waals surface area contributed by atoms with Gasteiger partial charge < -0.3 is 19.9 Å².